The van der Waals surface area contributed by atoms with Crippen LogP contribution in [0.2, 0.25) is 0 Å². The highest BCUT2D eigenvalue weighted by Crippen LogP contribution is 2.24. The van der Waals surface area contributed by atoms with E-state index in [1.807, 2.05) is 18.2 Å². The molecule has 0 amide bonds. The summed E-state index contributed by atoms with van der Waals surface area (Å²) in [5.74, 6) is 1.82. The maximum absolute atomic E-state index is 5.84. The molecule has 0 saturated carbocycles. The van der Waals surface area contributed by atoms with Crippen LogP contribution in [0.1, 0.15) is 31.5 Å². The van der Waals surface area contributed by atoms with E-state index in [2.05, 4.69) is 23.0 Å². The Morgan fingerprint density at radius 3 is 2.91 bits per heavy atom. The zero-order valence-electron chi connectivity index (χ0n) is 13.9. The molecule has 2 N–H and O–H groups in total. The van der Waals surface area contributed by atoms with E-state index in [4.69, 9.17) is 15.5 Å². The van der Waals surface area contributed by atoms with Gasteiger partial charge in [0, 0.05) is 32.0 Å². The molecule has 1 aliphatic heterocycles. The second-order valence-electron chi connectivity index (χ2n) is 6.22. The number of rotatable bonds is 6. The van der Waals surface area contributed by atoms with Crippen LogP contribution in [-0.2, 0) is 11.2 Å². The van der Waals surface area contributed by atoms with Gasteiger partial charge in [-0.05, 0) is 44.4 Å². The van der Waals surface area contributed by atoms with Gasteiger partial charge in [-0.1, -0.05) is 12.1 Å². The molecule has 0 radical (unpaired) electrons. The molecule has 0 spiro atoms. The van der Waals surface area contributed by atoms with Crippen LogP contribution in [0.15, 0.2) is 24.3 Å². The van der Waals surface area contributed by atoms with Crippen molar-refractivity contribution in [3.63, 3.8) is 0 Å². The molecule has 1 aromatic carbocycles. The number of fused-ring (bicyclic) bond motifs is 1. The van der Waals surface area contributed by atoms with Crippen LogP contribution in [0.25, 0.3) is 10.9 Å². The number of hydrogen-bond donors (Lipinski definition) is 1. The van der Waals surface area contributed by atoms with Crippen LogP contribution >= 0.6 is 0 Å². The van der Waals surface area contributed by atoms with E-state index < -0.39 is 0 Å². The predicted molar refractivity (Wildman–Crippen MR) is 93.8 cm³/mol. The third-order valence-electron chi connectivity index (χ3n) is 4.42. The van der Waals surface area contributed by atoms with Crippen LogP contribution in [0, 0.1) is 0 Å². The molecule has 1 aliphatic rings. The van der Waals surface area contributed by atoms with Crippen molar-refractivity contribution in [2.24, 2.45) is 5.73 Å². The van der Waals surface area contributed by atoms with Gasteiger partial charge in [0.25, 0.3) is 0 Å². The van der Waals surface area contributed by atoms with E-state index in [1.165, 1.54) is 19.3 Å². The molecule has 1 saturated heterocycles. The van der Waals surface area contributed by atoms with E-state index >= 15 is 0 Å². The lowest BCUT2D eigenvalue weighted by Crippen LogP contribution is -2.27. The molecule has 2 heterocycles. The normalized spacial score (nSPS) is 18.3. The zero-order chi connectivity index (χ0) is 16.1. The fourth-order valence-corrected chi connectivity index (χ4v) is 3.12. The summed E-state index contributed by atoms with van der Waals surface area (Å²) in [6, 6.07) is 8.18. The number of para-hydroxylation sites is 1. The second kappa shape index (κ2) is 7.70. The molecule has 1 aromatic heterocycles. The van der Waals surface area contributed by atoms with Crippen LogP contribution < -0.4 is 10.6 Å². The Labute approximate surface area is 137 Å². The summed E-state index contributed by atoms with van der Waals surface area (Å²) in [7, 11) is 2.10. The highest BCUT2D eigenvalue weighted by molar-refractivity contribution is 5.89. The van der Waals surface area contributed by atoms with E-state index in [-0.39, 0.29) is 0 Å². The second-order valence-corrected chi connectivity index (χ2v) is 6.22. The smallest absolute Gasteiger partial charge is 0.139 e. The highest BCUT2D eigenvalue weighted by atomic mass is 16.5. The van der Waals surface area contributed by atoms with E-state index in [0.717, 1.165) is 42.1 Å². The van der Waals surface area contributed by atoms with Crippen molar-refractivity contribution in [2.75, 3.05) is 31.6 Å². The molecular formula is C18H26N4O. The number of ether oxygens (including phenoxy) is 1. The first-order valence-corrected chi connectivity index (χ1v) is 8.56. The van der Waals surface area contributed by atoms with Crippen molar-refractivity contribution in [1.82, 2.24) is 9.97 Å². The molecular weight excluding hydrogens is 288 g/mol. The largest absolute Gasteiger partial charge is 0.378 e. The minimum atomic E-state index is 0.391. The van der Waals surface area contributed by atoms with Crippen molar-refractivity contribution in [1.29, 1.82) is 0 Å². The zero-order valence-corrected chi connectivity index (χ0v) is 13.9. The number of anilines is 1. The molecule has 0 bridgehead atoms. The first-order valence-electron chi connectivity index (χ1n) is 8.56. The van der Waals surface area contributed by atoms with Crippen molar-refractivity contribution in [2.45, 2.75) is 38.2 Å². The van der Waals surface area contributed by atoms with Crippen LogP contribution in [-0.4, -0.2) is 42.8 Å². The van der Waals surface area contributed by atoms with Crippen molar-refractivity contribution >= 4 is 16.7 Å². The van der Waals surface area contributed by atoms with Crippen molar-refractivity contribution in [3.05, 3.63) is 30.1 Å². The Bertz CT molecular complexity index is 640. The van der Waals surface area contributed by atoms with Gasteiger partial charge in [-0.15, -0.1) is 0 Å². The van der Waals surface area contributed by atoms with Crippen molar-refractivity contribution < 1.29 is 4.74 Å². The van der Waals surface area contributed by atoms with Gasteiger partial charge >= 0.3 is 0 Å². The number of nitrogens with zero attached hydrogens (tertiary/aromatic N) is 3. The summed E-state index contributed by atoms with van der Waals surface area (Å²) < 4.78 is 5.84. The first kappa shape index (κ1) is 16.1. The Morgan fingerprint density at radius 1 is 1.26 bits per heavy atom. The fourth-order valence-electron chi connectivity index (χ4n) is 3.12. The van der Waals surface area contributed by atoms with Gasteiger partial charge in [0.15, 0.2) is 0 Å². The maximum Gasteiger partial charge on any atom is 0.139 e. The van der Waals surface area contributed by atoms with Gasteiger partial charge in [0.05, 0.1) is 11.6 Å². The quantitative estimate of drug-likeness (QED) is 0.887. The van der Waals surface area contributed by atoms with Gasteiger partial charge in [-0.3, -0.25) is 0 Å². The third-order valence-corrected chi connectivity index (χ3v) is 4.42. The molecule has 1 unspecified atom stereocenters. The summed E-state index contributed by atoms with van der Waals surface area (Å²) >= 11 is 0. The molecule has 5 heteroatoms. The lowest BCUT2D eigenvalue weighted by atomic mass is 10.1. The number of benzene rings is 1. The van der Waals surface area contributed by atoms with E-state index in [9.17, 15) is 0 Å². The molecule has 1 fully saturated rings. The van der Waals surface area contributed by atoms with Gasteiger partial charge < -0.3 is 15.4 Å². The number of aromatic nitrogens is 2. The monoisotopic (exact) mass is 314 g/mol. The Hall–Kier alpha value is -1.72. The van der Waals surface area contributed by atoms with Crippen LogP contribution in [0.3, 0.4) is 0 Å². The predicted octanol–water partition coefficient (Wildman–Crippen LogP) is 2.53. The number of nitrogens with two attached hydrogens (primary N) is 1. The fraction of sp³-hybridized carbons (Fsp3) is 0.556. The SMILES string of the molecule is CN(CCC1CCCCO1)c1nc(CCN)nc2ccccc12. The summed E-state index contributed by atoms with van der Waals surface area (Å²) in [5.41, 5.74) is 6.66. The average Bonchev–Trinajstić information content (AvgIpc) is 2.60. The first-order chi connectivity index (χ1) is 11.3. The lowest BCUT2D eigenvalue weighted by Gasteiger charge is -2.26. The minimum Gasteiger partial charge on any atom is -0.378 e. The summed E-state index contributed by atoms with van der Waals surface area (Å²) in [6.07, 6.45) is 5.80. The summed E-state index contributed by atoms with van der Waals surface area (Å²) in [4.78, 5) is 11.6. The Balaban J connectivity index is 1.78. The molecule has 1 atom stereocenters. The van der Waals surface area contributed by atoms with Gasteiger partial charge in [-0.25, -0.2) is 9.97 Å². The minimum absolute atomic E-state index is 0.391. The van der Waals surface area contributed by atoms with Crippen LogP contribution in [0.4, 0.5) is 5.82 Å². The summed E-state index contributed by atoms with van der Waals surface area (Å²) in [5, 5.41) is 1.10. The molecule has 124 valence electrons. The summed E-state index contributed by atoms with van der Waals surface area (Å²) in [6.45, 7) is 2.41. The van der Waals surface area contributed by atoms with Gasteiger partial charge in [0.1, 0.15) is 11.6 Å². The van der Waals surface area contributed by atoms with Gasteiger partial charge in [-0.2, -0.15) is 0 Å². The van der Waals surface area contributed by atoms with Crippen LogP contribution in [0.5, 0.6) is 0 Å². The Kier molecular flexibility index (Phi) is 5.41. The average molecular weight is 314 g/mol. The third kappa shape index (κ3) is 3.98. The van der Waals surface area contributed by atoms with Gasteiger partial charge in [0.2, 0.25) is 0 Å². The molecule has 3 rings (SSSR count). The maximum atomic E-state index is 5.84. The Morgan fingerprint density at radius 2 is 2.13 bits per heavy atom. The van der Waals surface area contributed by atoms with E-state index in [0.29, 0.717) is 19.1 Å². The molecule has 23 heavy (non-hydrogen) atoms. The molecule has 2 aromatic rings. The molecule has 5 nitrogen and oxygen atoms in total. The highest BCUT2D eigenvalue weighted by Gasteiger charge is 2.16. The lowest BCUT2D eigenvalue weighted by molar-refractivity contribution is 0.0127. The number of hydrogen-bond acceptors (Lipinski definition) is 5. The molecule has 0 aliphatic carbocycles. The van der Waals surface area contributed by atoms with Crippen molar-refractivity contribution in [3.8, 4) is 0 Å². The topological polar surface area (TPSA) is 64.3 Å². The van der Waals surface area contributed by atoms with E-state index in [1.54, 1.807) is 0 Å². The standard InChI is InChI=1S/C18H26N4O/c1-22(12-10-14-6-4-5-13-23-14)18-15-7-2-3-8-16(15)20-17(21-18)9-11-19/h2-3,7-8,14H,4-6,9-13,19H2,1H3.